The molecule has 0 bridgehead atoms. The van der Waals surface area contributed by atoms with Crippen LogP contribution in [0.2, 0.25) is 0 Å². The van der Waals surface area contributed by atoms with Crippen LogP contribution in [0.3, 0.4) is 0 Å². The molecule has 0 radical (unpaired) electrons. The van der Waals surface area contributed by atoms with Gasteiger partial charge in [0.05, 0.1) is 12.0 Å². The fraction of sp³-hybridized carbons (Fsp3) is 0.385. The highest BCUT2D eigenvalue weighted by molar-refractivity contribution is 5.56. The van der Waals surface area contributed by atoms with E-state index in [9.17, 15) is 0 Å². The molecular formula is C13H18N4. The second-order valence-corrected chi connectivity index (χ2v) is 4.35. The van der Waals surface area contributed by atoms with Crippen LogP contribution in [0.5, 0.6) is 0 Å². The molecule has 2 rings (SSSR count). The van der Waals surface area contributed by atoms with Crippen LogP contribution in [-0.4, -0.2) is 27.1 Å². The van der Waals surface area contributed by atoms with Crippen molar-refractivity contribution in [3.05, 3.63) is 37.1 Å². The summed E-state index contributed by atoms with van der Waals surface area (Å²) in [4.78, 5) is 8.47. The van der Waals surface area contributed by atoms with Crippen molar-refractivity contribution in [2.45, 2.75) is 26.4 Å². The Bertz CT molecular complexity index is 447. The molecule has 2 heterocycles. The lowest BCUT2D eigenvalue weighted by molar-refractivity contribution is 0.541. The van der Waals surface area contributed by atoms with Crippen molar-refractivity contribution in [3.8, 4) is 11.3 Å². The summed E-state index contributed by atoms with van der Waals surface area (Å²) in [5.74, 6) is 0. The lowest BCUT2D eigenvalue weighted by atomic mass is 10.2. The Morgan fingerprint density at radius 3 is 3.00 bits per heavy atom. The van der Waals surface area contributed by atoms with Gasteiger partial charge in [0, 0.05) is 43.3 Å². The zero-order chi connectivity index (χ0) is 12.1. The summed E-state index contributed by atoms with van der Waals surface area (Å²) in [6.45, 7) is 6.19. The van der Waals surface area contributed by atoms with Crippen molar-refractivity contribution >= 4 is 0 Å². The fourth-order valence-electron chi connectivity index (χ4n) is 1.63. The van der Waals surface area contributed by atoms with Gasteiger partial charge in [-0.3, -0.25) is 4.98 Å². The number of pyridine rings is 1. The van der Waals surface area contributed by atoms with Crippen molar-refractivity contribution in [2.75, 3.05) is 6.54 Å². The monoisotopic (exact) mass is 230 g/mol. The Balaban J connectivity index is 1.97. The maximum Gasteiger partial charge on any atom is 0.0954 e. The maximum atomic E-state index is 4.38. The molecule has 0 aliphatic rings. The highest BCUT2D eigenvalue weighted by Crippen LogP contribution is 2.14. The first-order valence-corrected chi connectivity index (χ1v) is 5.91. The van der Waals surface area contributed by atoms with Crippen LogP contribution in [0.4, 0.5) is 0 Å². The van der Waals surface area contributed by atoms with Crippen molar-refractivity contribution in [1.29, 1.82) is 0 Å². The second-order valence-electron chi connectivity index (χ2n) is 4.35. The third-order valence-electron chi connectivity index (χ3n) is 2.51. The number of nitrogens with zero attached hydrogens (tertiary/aromatic N) is 3. The van der Waals surface area contributed by atoms with E-state index in [1.807, 2.05) is 24.7 Å². The smallest absolute Gasteiger partial charge is 0.0954 e. The van der Waals surface area contributed by atoms with E-state index in [1.54, 1.807) is 6.20 Å². The van der Waals surface area contributed by atoms with Gasteiger partial charge in [-0.15, -0.1) is 0 Å². The standard InChI is InChI=1S/C13H18N4/c1-11(2)15-6-7-17-9-13(16-10-17)12-4-3-5-14-8-12/h3-5,8-11,15H,6-7H2,1-2H3. The van der Waals surface area contributed by atoms with Gasteiger partial charge in [0.1, 0.15) is 0 Å². The summed E-state index contributed by atoms with van der Waals surface area (Å²) in [5.41, 5.74) is 2.03. The van der Waals surface area contributed by atoms with Gasteiger partial charge < -0.3 is 9.88 Å². The summed E-state index contributed by atoms with van der Waals surface area (Å²) in [6, 6.07) is 4.47. The van der Waals surface area contributed by atoms with Gasteiger partial charge in [-0.05, 0) is 12.1 Å². The number of nitrogens with one attached hydrogen (secondary N) is 1. The van der Waals surface area contributed by atoms with Crippen LogP contribution in [0.15, 0.2) is 37.1 Å². The summed E-state index contributed by atoms with van der Waals surface area (Å²) in [7, 11) is 0. The molecule has 0 atom stereocenters. The summed E-state index contributed by atoms with van der Waals surface area (Å²) in [6.07, 6.45) is 7.52. The van der Waals surface area contributed by atoms with E-state index in [2.05, 4.69) is 39.9 Å². The normalized spacial score (nSPS) is 11.0. The Morgan fingerprint density at radius 2 is 2.29 bits per heavy atom. The van der Waals surface area contributed by atoms with Gasteiger partial charge in [-0.25, -0.2) is 4.98 Å². The van der Waals surface area contributed by atoms with E-state index in [-0.39, 0.29) is 0 Å². The van der Waals surface area contributed by atoms with Gasteiger partial charge >= 0.3 is 0 Å². The predicted molar refractivity (Wildman–Crippen MR) is 68.6 cm³/mol. The first-order chi connectivity index (χ1) is 8.25. The third-order valence-corrected chi connectivity index (χ3v) is 2.51. The van der Waals surface area contributed by atoms with E-state index in [1.165, 1.54) is 0 Å². The molecule has 1 N–H and O–H groups in total. The van der Waals surface area contributed by atoms with Crippen LogP contribution >= 0.6 is 0 Å². The highest BCUT2D eigenvalue weighted by atomic mass is 15.1. The lowest BCUT2D eigenvalue weighted by Crippen LogP contribution is -2.26. The van der Waals surface area contributed by atoms with Crippen molar-refractivity contribution in [1.82, 2.24) is 19.9 Å². The summed E-state index contributed by atoms with van der Waals surface area (Å²) < 4.78 is 2.09. The first kappa shape index (κ1) is 11.8. The van der Waals surface area contributed by atoms with E-state index >= 15 is 0 Å². The zero-order valence-electron chi connectivity index (χ0n) is 10.3. The average molecular weight is 230 g/mol. The Hall–Kier alpha value is -1.68. The fourth-order valence-corrected chi connectivity index (χ4v) is 1.63. The number of hydrogen-bond acceptors (Lipinski definition) is 3. The van der Waals surface area contributed by atoms with Crippen molar-refractivity contribution in [2.24, 2.45) is 0 Å². The minimum atomic E-state index is 0.524. The van der Waals surface area contributed by atoms with Gasteiger partial charge in [0.2, 0.25) is 0 Å². The molecule has 0 fully saturated rings. The molecule has 0 spiro atoms. The number of aromatic nitrogens is 3. The van der Waals surface area contributed by atoms with E-state index in [0.717, 1.165) is 24.3 Å². The largest absolute Gasteiger partial charge is 0.336 e. The molecule has 0 amide bonds. The third kappa shape index (κ3) is 3.39. The van der Waals surface area contributed by atoms with E-state index in [0.29, 0.717) is 6.04 Å². The van der Waals surface area contributed by atoms with Gasteiger partial charge in [0.25, 0.3) is 0 Å². The molecular weight excluding hydrogens is 212 g/mol. The van der Waals surface area contributed by atoms with Crippen LogP contribution in [-0.2, 0) is 6.54 Å². The molecule has 4 nitrogen and oxygen atoms in total. The SMILES string of the molecule is CC(C)NCCn1cnc(-c2cccnc2)c1. The number of imidazole rings is 1. The molecule has 2 aromatic rings. The number of rotatable bonds is 5. The molecule has 4 heteroatoms. The van der Waals surface area contributed by atoms with Crippen molar-refractivity contribution < 1.29 is 0 Å². The minimum Gasteiger partial charge on any atom is -0.336 e. The Labute approximate surface area is 102 Å². The minimum absolute atomic E-state index is 0.524. The van der Waals surface area contributed by atoms with Gasteiger partial charge in [-0.1, -0.05) is 13.8 Å². The maximum absolute atomic E-state index is 4.38. The Kier molecular flexibility index (Phi) is 3.88. The van der Waals surface area contributed by atoms with Crippen LogP contribution in [0.25, 0.3) is 11.3 Å². The van der Waals surface area contributed by atoms with Gasteiger partial charge in [0.15, 0.2) is 0 Å². The molecule has 2 aromatic heterocycles. The molecule has 0 aliphatic carbocycles. The average Bonchev–Trinajstić information content (AvgIpc) is 2.78. The van der Waals surface area contributed by atoms with E-state index < -0.39 is 0 Å². The zero-order valence-corrected chi connectivity index (χ0v) is 10.3. The molecule has 90 valence electrons. The molecule has 0 unspecified atom stereocenters. The molecule has 0 aliphatic heterocycles. The summed E-state index contributed by atoms with van der Waals surface area (Å²) in [5, 5.41) is 3.38. The van der Waals surface area contributed by atoms with Crippen LogP contribution < -0.4 is 5.32 Å². The predicted octanol–water partition coefficient (Wildman–Crippen LogP) is 1.94. The van der Waals surface area contributed by atoms with Crippen LogP contribution in [0.1, 0.15) is 13.8 Å². The molecule has 0 saturated heterocycles. The van der Waals surface area contributed by atoms with Crippen molar-refractivity contribution in [3.63, 3.8) is 0 Å². The molecule has 0 aromatic carbocycles. The second kappa shape index (κ2) is 5.59. The topological polar surface area (TPSA) is 42.7 Å². The van der Waals surface area contributed by atoms with Crippen LogP contribution in [0, 0.1) is 0 Å². The number of hydrogen-bond donors (Lipinski definition) is 1. The first-order valence-electron chi connectivity index (χ1n) is 5.91. The quantitative estimate of drug-likeness (QED) is 0.853. The molecule has 17 heavy (non-hydrogen) atoms. The Morgan fingerprint density at radius 1 is 1.41 bits per heavy atom. The van der Waals surface area contributed by atoms with Gasteiger partial charge in [-0.2, -0.15) is 0 Å². The van der Waals surface area contributed by atoms with E-state index in [4.69, 9.17) is 0 Å². The highest BCUT2D eigenvalue weighted by Gasteiger charge is 2.01. The summed E-state index contributed by atoms with van der Waals surface area (Å²) >= 11 is 0. The lowest BCUT2D eigenvalue weighted by Gasteiger charge is -2.07. The molecule has 0 saturated carbocycles.